The Morgan fingerprint density at radius 3 is 1.96 bits per heavy atom. The number of aromatic nitrogens is 5. The van der Waals surface area contributed by atoms with Gasteiger partial charge in [-0.3, -0.25) is 0 Å². The second-order valence-corrected chi connectivity index (χ2v) is 14.3. The lowest BCUT2D eigenvalue weighted by Crippen LogP contribution is -2.39. The molecule has 0 saturated carbocycles. The maximum absolute atomic E-state index is 13.3. The second kappa shape index (κ2) is 16.5. The number of carbonyl (C=O) groups is 1. The summed E-state index contributed by atoms with van der Waals surface area (Å²) in [6.07, 6.45) is 4.96. The van der Waals surface area contributed by atoms with E-state index >= 15 is 0 Å². The maximum Gasteiger partial charge on any atom is 0.341 e. The van der Waals surface area contributed by atoms with Gasteiger partial charge in [0.1, 0.15) is 16.9 Å². The van der Waals surface area contributed by atoms with Crippen molar-refractivity contribution in [3.8, 4) is 22.5 Å². The number of ether oxygens (including phenoxy) is 1. The van der Waals surface area contributed by atoms with E-state index in [9.17, 15) is 4.79 Å². The second-order valence-electron chi connectivity index (χ2n) is 14.3. The molecular formula is C48H46N6O2. The number of aryl methyl sites for hydroxylation is 2. The summed E-state index contributed by atoms with van der Waals surface area (Å²) in [5.41, 5.74) is 9.20. The number of tetrazole rings is 1. The van der Waals surface area contributed by atoms with Crippen LogP contribution in [-0.2, 0) is 29.7 Å². The summed E-state index contributed by atoms with van der Waals surface area (Å²) in [6.45, 7) is 5.76. The van der Waals surface area contributed by atoms with Crippen molar-refractivity contribution in [1.29, 1.82) is 0 Å². The first-order valence-corrected chi connectivity index (χ1v) is 19.7. The van der Waals surface area contributed by atoms with E-state index in [2.05, 4.69) is 132 Å². The fourth-order valence-corrected chi connectivity index (χ4v) is 8.10. The molecular weight excluding hydrogens is 693 g/mol. The van der Waals surface area contributed by atoms with Gasteiger partial charge in [-0.05, 0) is 88.0 Å². The molecule has 0 radical (unpaired) electrons. The molecule has 8 nitrogen and oxygen atoms in total. The van der Waals surface area contributed by atoms with Gasteiger partial charge < -0.3 is 9.64 Å². The highest BCUT2D eigenvalue weighted by atomic mass is 16.5. The van der Waals surface area contributed by atoms with Crippen molar-refractivity contribution in [1.82, 2.24) is 25.2 Å². The third kappa shape index (κ3) is 6.99. The number of hydrogen-bond donors (Lipinski definition) is 0. The van der Waals surface area contributed by atoms with Gasteiger partial charge in [-0.25, -0.2) is 14.5 Å². The Hall–Kier alpha value is -6.41. The number of esters is 1. The third-order valence-electron chi connectivity index (χ3n) is 10.8. The molecule has 0 N–H and O–H groups in total. The normalized spacial score (nSPS) is 12.3. The first-order valence-electron chi connectivity index (χ1n) is 19.7. The van der Waals surface area contributed by atoms with Gasteiger partial charge in [-0.15, -0.1) is 5.10 Å². The van der Waals surface area contributed by atoms with Crippen LogP contribution in [0.2, 0.25) is 0 Å². The molecule has 0 fully saturated rings. The molecule has 7 aromatic rings. The molecule has 0 spiro atoms. The van der Waals surface area contributed by atoms with Crippen LogP contribution in [-0.4, -0.2) is 44.3 Å². The molecule has 1 aliphatic rings. The average molecular weight is 739 g/mol. The fourth-order valence-electron chi connectivity index (χ4n) is 8.10. The summed E-state index contributed by atoms with van der Waals surface area (Å²) in [7, 11) is 0. The molecule has 0 atom stereocenters. The Labute approximate surface area is 328 Å². The molecule has 8 rings (SSSR count). The van der Waals surface area contributed by atoms with Crippen LogP contribution in [0, 0.1) is 0 Å². The monoisotopic (exact) mass is 738 g/mol. The molecule has 0 aliphatic heterocycles. The van der Waals surface area contributed by atoms with Crippen molar-refractivity contribution >= 4 is 11.8 Å². The minimum atomic E-state index is -0.866. The molecule has 0 unspecified atom stereocenters. The van der Waals surface area contributed by atoms with Crippen molar-refractivity contribution in [3.05, 3.63) is 185 Å². The van der Waals surface area contributed by atoms with Crippen LogP contribution in [0.5, 0.6) is 0 Å². The molecule has 0 bridgehead atoms. The lowest BCUT2D eigenvalue weighted by atomic mass is 9.77. The number of fused-ring (bicyclic) bond motifs is 1. The SMILES string of the molecule is CCCCN(Cc1ccc(-c2ccccc2-c2nnnn2C(c2ccccc2)(c2ccccc2)c2ccccc2)cc1)c1nc2c(cc1C(=O)OCC)CCC2. The van der Waals surface area contributed by atoms with E-state index in [1.165, 1.54) is 0 Å². The van der Waals surface area contributed by atoms with E-state index in [-0.39, 0.29) is 5.97 Å². The topological polar surface area (TPSA) is 86.0 Å². The first kappa shape index (κ1) is 36.6. The van der Waals surface area contributed by atoms with E-state index in [0.29, 0.717) is 24.5 Å². The summed E-state index contributed by atoms with van der Waals surface area (Å²) in [6, 6.07) is 50.4. The van der Waals surface area contributed by atoms with Crippen LogP contribution in [0.1, 0.15) is 77.0 Å². The number of hydrogen-bond acceptors (Lipinski definition) is 7. The zero-order chi connectivity index (χ0) is 38.3. The molecule has 1 aliphatic carbocycles. The van der Waals surface area contributed by atoms with Gasteiger partial charge in [0.15, 0.2) is 5.82 Å². The Morgan fingerprint density at radius 2 is 1.36 bits per heavy atom. The Kier molecular flexibility index (Phi) is 10.8. The predicted molar refractivity (Wildman–Crippen MR) is 221 cm³/mol. The Morgan fingerprint density at radius 1 is 0.750 bits per heavy atom. The van der Waals surface area contributed by atoms with E-state index in [1.807, 2.05) is 41.9 Å². The van der Waals surface area contributed by atoms with Crippen molar-refractivity contribution in [3.63, 3.8) is 0 Å². The van der Waals surface area contributed by atoms with Crippen LogP contribution in [0.4, 0.5) is 5.82 Å². The molecule has 8 heteroatoms. The van der Waals surface area contributed by atoms with Crippen molar-refractivity contribution in [2.75, 3.05) is 18.1 Å². The average Bonchev–Trinajstić information content (AvgIpc) is 3.94. The Balaban J connectivity index is 1.19. The van der Waals surface area contributed by atoms with Crippen LogP contribution in [0.15, 0.2) is 146 Å². The molecule has 5 aromatic carbocycles. The van der Waals surface area contributed by atoms with Gasteiger partial charge in [-0.2, -0.15) is 0 Å². The summed E-state index contributed by atoms with van der Waals surface area (Å²) < 4.78 is 7.51. The Bertz CT molecular complexity index is 2300. The number of pyridine rings is 1. The highest BCUT2D eigenvalue weighted by molar-refractivity contribution is 5.95. The largest absolute Gasteiger partial charge is 0.462 e. The van der Waals surface area contributed by atoms with Gasteiger partial charge in [0.25, 0.3) is 0 Å². The quantitative estimate of drug-likeness (QED) is 0.0812. The lowest BCUT2D eigenvalue weighted by Gasteiger charge is -2.36. The maximum atomic E-state index is 13.3. The van der Waals surface area contributed by atoms with Gasteiger partial charge in [0.05, 0.1) is 6.61 Å². The van der Waals surface area contributed by atoms with Gasteiger partial charge >= 0.3 is 5.97 Å². The standard InChI is InChI=1S/C48H46N6O2/c1-3-5-32-53(45-43(47(55)56-4-2)33-37-18-17-27-44(37)49-45)34-35-28-30-36(31-29-35)41-25-15-16-26-42(41)46-50-51-52-54(46)48(38-19-9-6-10-20-38,39-21-11-7-12-22-39)40-23-13-8-14-24-40/h6-16,19-26,28-31,33H,3-5,17-18,27,32,34H2,1-2H3. The molecule has 0 saturated heterocycles. The smallest absolute Gasteiger partial charge is 0.341 e. The minimum Gasteiger partial charge on any atom is -0.462 e. The fraction of sp³-hybridized carbons (Fsp3) is 0.229. The number of anilines is 1. The zero-order valence-corrected chi connectivity index (χ0v) is 32.0. The zero-order valence-electron chi connectivity index (χ0n) is 32.0. The number of rotatable bonds is 14. The van der Waals surface area contributed by atoms with Gasteiger partial charge in [0, 0.05) is 24.3 Å². The van der Waals surface area contributed by atoms with E-state index in [0.717, 1.165) is 94.7 Å². The molecule has 2 aromatic heterocycles. The molecule has 0 amide bonds. The van der Waals surface area contributed by atoms with E-state index in [1.54, 1.807) is 0 Å². The van der Waals surface area contributed by atoms with Crippen LogP contribution < -0.4 is 4.90 Å². The lowest BCUT2D eigenvalue weighted by molar-refractivity contribution is 0.0526. The van der Waals surface area contributed by atoms with Crippen molar-refractivity contribution in [2.24, 2.45) is 0 Å². The highest BCUT2D eigenvalue weighted by Crippen LogP contribution is 2.43. The third-order valence-corrected chi connectivity index (χ3v) is 10.8. The number of benzene rings is 5. The van der Waals surface area contributed by atoms with Crippen molar-refractivity contribution < 1.29 is 9.53 Å². The van der Waals surface area contributed by atoms with Gasteiger partial charge in [-0.1, -0.05) is 153 Å². The van der Waals surface area contributed by atoms with Crippen molar-refractivity contribution in [2.45, 2.75) is 58.0 Å². The predicted octanol–water partition coefficient (Wildman–Crippen LogP) is 9.71. The van der Waals surface area contributed by atoms with Crippen LogP contribution in [0.25, 0.3) is 22.5 Å². The molecule has 2 heterocycles. The van der Waals surface area contributed by atoms with Crippen LogP contribution >= 0.6 is 0 Å². The summed E-state index contributed by atoms with van der Waals surface area (Å²) in [5.74, 6) is 1.06. The summed E-state index contributed by atoms with van der Waals surface area (Å²) >= 11 is 0. The number of nitrogens with zero attached hydrogens (tertiary/aromatic N) is 6. The number of carbonyl (C=O) groups excluding carboxylic acids is 1. The van der Waals surface area contributed by atoms with Gasteiger partial charge in [0.2, 0.25) is 0 Å². The summed E-state index contributed by atoms with van der Waals surface area (Å²) in [4.78, 5) is 20.6. The van der Waals surface area contributed by atoms with E-state index in [4.69, 9.17) is 20.0 Å². The van der Waals surface area contributed by atoms with Crippen LogP contribution in [0.3, 0.4) is 0 Å². The highest BCUT2D eigenvalue weighted by Gasteiger charge is 2.42. The molecule has 280 valence electrons. The summed E-state index contributed by atoms with van der Waals surface area (Å²) in [5, 5.41) is 13.9. The number of unbranched alkanes of at least 4 members (excludes halogenated alkanes) is 1. The molecule has 56 heavy (non-hydrogen) atoms. The van der Waals surface area contributed by atoms with E-state index < -0.39 is 5.54 Å². The minimum absolute atomic E-state index is 0.309. The first-order chi connectivity index (χ1) is 27.6.